The highest BCUT2D eigenvalue weighted by Crippen LogP contribution is 2.48. The lowest BCUT2D eigenvalue weighted by Crippen LogP contribution is -2.48. The zero-order valence-electron chi connectivity index (χ0n) is 14.3. The molecular formula is C19H26O4. The summed E-state index contributed by atoms with van der Waals surface area (Å²) in [4.78, 5) is 0. The van der Waals surface area contributed by atoms with Crippen molar-refractivity contribution in [2.45, 2.75) is 76.5 Å². The summed E-state index contributed by atoms with van der Waals surface area (Å²) in [6.45, 7) is 8.30. The SMILES string of the molecule is CC(C)[C@H]1C[C@@H](c2ccccc2)[C@H]2O[C@@H]3OC(C)(C)O[C@@H]3[C@H]2O1. The van der Waals surface area contributed by atoms with Crippen LogP contribution in [0.4, 0.5) is 0 Å². The van der Waals surface area contributed by atoms with Gasteiger partial charge in [-0.15, -0.1) is 0 Å². The molecule has 0 N–H and O–H groups in total. The van der Waals surface area contributed by atoms with E-state index >= 15 is 0 Å². The van der Waals surface area contributed by atoms with Crippen molar-refractivity contribution >= 4 is 0 Å². The predicted octanol–water partition coefficient (Wildman–Crippen LogP) is 3.46. The molecule has 126 valence electrons. The van der Waals surface area contributed by atoms with Crippen molar-refractivity contribution in [3.8, 4) is 0 Å². The average Bonchev–Trinajstić information content (AvgIpc) is 2.99. The molecule has 0 unspecified atom stereocenters. The second-order valence-electron chi connectivity index (χ2n) is 7.71. The van der Waals surface area contributed by atoms with Gasteiger partial charge in [-0.25, -0.2) is 0 Å². The summed E-state index contributed by atoms with van der Waals surface area (Å²) in [5.41, 5.74) is 1.32. The fraction of sp³-hybridized carbons (Fsp3) is 0.684. The molecule has 3 heterocycles. The molecular weight excluding hydrogens is 292 g/mol. The Hall–Kier alpha value is -0.940. The minimum Gasteiger partial charge on any atom is -0.369 e. The Labute approximate surface area is 138 Å². The van der Waals surface area contributed by atoms with E-state index in [-0.39, 0.29) is 30.7 Å². The van der Waals surface area contributed by atoms with Crippen molar-refractivity contribution < 1.29 is 18.9 Å². The van der Waals surface area contributed by atoms with E-state index in [4.69, 9.17) is 18.9 Å². The maximum atomic E-state index is 6.40. The summed E-state index contributed by atoms with van der Waals surface area (Å²) in [6, 6.07) is 10.6. The van der Waals surface area contributed by atoms with Crippen LogP contribution in [0.2, 0.25) is 0 Å². The second-order valence-corrected chi connectivity index (χ2v) is 7.71. The summed E-state index contributed by atoms with van der Waals surface area (Å²) in [5, 5.41) is 0. The van der Waals surface area contributed by atoms with Crippen LogP contribution in [0, 0.1) is 5.92 Å². The first kappa shape index (κ1) is 15.6. The van der Waals surface area contributed by atoms with E-state index in [0.717, 1.165) is 6.42 Å². The van der Waals surface area contributed by atoms with E-state index in [1.54, 1.807) is 0 Å². The summed E-state index contributed by atoms with van der Waals surface area (Å²) < 4.78 is 24.7. The Morgan fingerprint density at radius 3 is 2.39 bits per heavy atom. The lowest BCUT2D eigenvalue weighted by Gasteiger charge is -2.41. The molecule has 4 nitrogen and oxygen atoms in total. The van der Waals surface area contributed by atoms with Crippen molar-refractivity contribution in [3.05, 3.63) is 35.9 Å². The van der Waals surface area contributed by atoms with Crippen molar-refractivity contribution in [1.82, 2.24) is 0 Å². The Kier molecular flexibility index (Phi) is 3.76. The highest BCUT2D eigenvalue weighted by Gasteiger charge is 2.59. The van der Waals surface area contributed by atoms with Crippen LogP contribution in [0.3, 0.4) is 0 Å². The lowest BCUT2D eigenvalue weighted by molar-refractivity contribution is -0.236. The first-order chi connectivity index (χ1) is 10.9. The normalized spacial score (nSPS) is 41.8. The van der Waals surface area contributed by atoms with E-state index in [1.165, 1.54) is 5.56 Å². The molecule has 0 aliphatic carbocycles. The number of rotatable bonds is 2. The van der Waals surface area contributed by atoms with Crippen LogP contribution >= 0.6 is 0 Å². The van der Waals surface area contributed by atoms with Crippen molar-refractivity contribution in [2.75, 3.05) is 0 Å². The molecule has 4 rings (SSSR count). The molecule has 6 atom stereocenters. The third-order valence-corrected chi connectivity index (χ3v) is 5.21. The van der Waals surface area contributed by atoms with Gasteiger partial charge in [0.1, 0.15) is 12.2 Å². The van der Waals surface area contributed by atoms with E-state index in [0.29, 0.717) is 11.8 Å². The summed E-state index contributed by atoms with van der Waals surface area (Å²) in [6.07, 6.45) is 0.675. The third-order valence-electron chi connectivity index (χ3n) is 5.21. The number of fused-ring (bicyclic) bond motifs is 3. The van der Waals surface area contributed by atoms with Gasteiger partial charge in [-0.05, 0) is 31.7 Å². The molecule has 3 aliphatic heterocycles. The Morgan fingerprint density at radius 1 is 0.957 bits per heavy atom. The van der Waals surface area contributed by atoms with Gasteiger partial charge in [0, 0.05) is 5.92 Å². The monoisotopic (exact) mass is 318 g/mol. The van der Waals surface area contributed by atoms with Crippen LogP contribution in [0.25, 0.3) is 0 Å². The van der Waals surface area contributed by atoms with Gasteiger partial charge >= 0.3 is 0 Å². The van der Waals surface area contributed by atoms with Gasteiger partial charge in [0.05, 0.1) is 12.2 Å². The quantitative estimate of drug-likeness (QED) is 0.837. The summed E-state index contributed by atoms with van der Waals surface area (Å²) in [7, 11) is 0. The number of benzene rings is 1. The van der Waals surface area contributed by atoms with E-state index in [9.17, 15) is 0 Å². The molecule has 3 aliphatic rings. The highest BCUT2D eigenvalue weighted by molar-refractivity contribution is 5.24. The van der Waals surface area contributed by atoms with Crippen LogP contribution in [-0.4, -0.2) is 36.5 Å². The van der Waals surface area contributed by atoms with Gasteiger partial charge in [0.15, 0.2) is 12.1 Å². The van der Waals surface area contributed by atoms with Gasteiger partial charge < -0.3 is 18.9 Å². The molecule has 0 saturated carbocycles. The maximum absolute atomic E-state index is 6.40. The molecule has 0 amide bonds. The van der Waals surface area contributed by atoms with Gasteiger partial charge in [0.2, 0.25) is 0 Å². The Bertz CT molecular complexity index is 556. The number of hydrogen-bond donors (Lipinski definition) is 0. The first-order valence-electron chi connectivity index (χ1n) is 8.66. The van der Waals surface area contributed by atoms with Crippen molar-refractivity contribution in [2.24, 2.45) is 5.92 Å². The molecule has 4 heteroatoms. The molecule has 3 fully saturated rings. The van der Waals surface area contributed by atoms with Crippen LogP contribution < -0.4 is 0 Å². The van der Waals surface area contributed by atoms with Crippen LogP contribution in [0.1, 0.15) is 45.6 Å². The minimum absolute atomic E-state index is 0.00139. The zero-order chi connectivity index (χ0) is 16.2. The first-order valence-corrected chi connectivity index (χ1v) is 8.66. The molecule has 0 spiro atoms. The summed E-state index contributed by atoms with van der Waals surface area (Å²) >= 11 is 0. The largest absolute Gasteiger partial charge is 0.369 e. The van der Waals surface area contributed by atoms with Crippen molar-refractivity contribution in [1.29, 1.82) is 0 Å². The van der Waals surface area contributed by atoms with E-state index in [1.807, 2.05) is 13.8 Å². The van der Waals surface area contributed by atoms with Gasteiger partial charge in [-0.3, -0.25) is 0 Å². The van der Waals surface area contributed by atoms with Gasteiger partial charge in [0.25, 0.3) is 0 Å². The predicted molar refractivity (Wildman–Crippen MR) is 86.0 cm³/mol. The number of hydrogen-bond acceptors (Lipinski definition) is 4. The molecule has 0 radical (unpaired) electrons. The smallest absolute Gasteiger partial charge is 0.190 e. The lowest BCUT2D eigenvalue weighted by atomic mass is 9.80. The highest BCUT2D eigenvalue weighted by atomic mass is 16.8. The molecule has 0 aromatic heterocycles. The molecule has 3 saturated heterocycles. The fourth-order valence-electron chi connectivity index (χ4n) is 4.08. The second kappa shape index (κ2) is 5.55. The molecule has 23 heavy (non-hydrogen) atoms. The Morgan fingerprint density at radius 2 is 1.70 bits per heavy atom. The van der Waals surface area contributed by atoms with Crippen LogP contribution in [0.5, 0.6) is 0 Å². The third kappa shape index (κ3) is 2.72. The molecule has 0 bridgehead atoms. The minimum atomic E-state index is -0.601. The fourth-order valence-corrected chi connectivity index (χ4v) is 4.08. The standard InChI is InChI=1S/C19H26O4/c1-11(2)14-10-13(12-8-6-5-7-9-12)15-16(20-14)17-18(21-15)23-19(3,4)22-17/h5-9,11,13-18H,10H2,1-4H3/t13-,14+,15+,16-,17+,18+/m0/s1. The molecule has 1 aromatic carbocycles. The van der Waals surface area contributed by atoms with Crippen LogP contribution in [0.15, 0.2) is 30.3 Å². The van der Waals surface area contributed by atoms with Crippen molar-refractivity contribution in [3.63, 3.8) is 0 Å². The Balaban J connectivity index is 1.64. The van der Waals surface area contributed by atoms with E-state index in [2.05, 4.69) is 44.2 Å². The topological polar surface area (TPSA) is 36.9 Å². The van der Waals surface area contributed by atoms with Crippen LogP contribution in [-0.2, 0) is 18.9 Å². The van der Waals surface area contributed by atoms with E-state index < -0.39 is 5.79 Å². The maximum Gasteiger partial charge on any atom is 0.190 e. The number of ether oxygens (including phenoxy) is 4. The van der Waals surface area contributed by atoms with Gasteiger partial charge in [-0.2, -0.15) is 0 Å². The zero-order valence-corrected chi connectivity index (χ0v) is 14.3. The summed E-state index contributed by atoms with van der Waals surface area (Å²) in [5.74, 6) is 0.191. The average molecular weight is 318 g/mol. The molecule has 1 aromatic rings. The van der Waals surface area contributed by atoms with Gasteiger partial charge in [-0.1, -0.05) is 44.2 Å².